The zero-order valence-electron chi connectivity index (χ0n) is 12.8. The van der Waals surface area contributed by atoms with Crippen LogP contribution in [0.15, 0.2) is 36.4 Å². The molecule has 0 fully saturated rings. The van der Waals surface area contributed by atoms with E-state index in [2.05, 4.69) is 26.0 Å². The molecular weight excluding hydrogens is 265 g/mol. The van der Waals surface area contributed by atoms with Gasteiger partial charge in [-0.05, 0) is 66.8 Å². The van der Waals surface area contributed by atoms with Crippen LogP contribution in [0.2, 0.25) is 0 Å². The molecule has 0 unspecified atom stereocenters. The second kappa shape index (κ2) is 6.72. The van der Waals surface area contributed by atoms with Crippen molar-refractivity contribution in [2.45, 2.75) is 33.1 Å². The van der Waals surface area contributed by atoms with Gasteiger partial charge in [0.2, 0.25) is 0 Å². The fourth-order valence-electron chi connectivity index (χ4n) is 2.32. The van der Waals surface area contributed by atoms with Gasteiger partial charge in [-0.25, -0.2) is 4.39 Å². The average Bonchev–Trinajstić information content (AvgIpc) is 2.42. The molecule has 2 N–H and O–H groups in total. The molecule has 0 aromatic heterocycles. The van der Waals surface area contributed by atoms with E-state index in [-0.39, 0.29) is 5.82 Å². The number of rotatable bonds is 5. The number of benzene rings is 2. The molecule has 0 saturated carbocycles. The predicted octanol–water partition coefficient (Wildman–Crippen LogP) is 4.55. The van der Waals surface area contributed by atoms with E-state index >= 15 is 0 Å². The summed E-state index contributed by atoms with van der Waals surface area (Å²) < 4.78 is 19.5. The molecule has 0 radical (unpaired) electrons. The van der Waals surface area contributed by atoms with Crippen LogP contribution in [-0.2, 0) is 6.42 Å². The Bertz CT molecular complexity index is 623. The maximum Gasteiger partial charge on any atom is 0.131 e. The Morgan fingerprint density at radius 2 is 1.86 bits per heavy atom. The van der Waals surface area contributed by atoms with E-state index in [1.54, 1.807) is 6.07 Å². The molecule has 21 heavy (non-hydrogen) atoms. The summed E-state index contributed by atoms with van der Waals surface area (Å²) in [5.74, 6) is 1.60. The van der Waals surface area contributed by atoms with E-state index in [1.165, 1.54) is 12.1 Å². The van der Waals surface area contributed by atoms with Gasteiger partial charge in [-0.1, -0.05) is 26.0 Å². The largest absolute Gasteiger partial charge is 0.457 e. The molecule has 0 bridgehead atoms. The Morgan fingerprint density at radius 1 is 1.10 bits per heavy atom. The SMILES string of the molecule is Cc1ccc(C(C)C)c(Oc2ccc(F)cc2CCN)c1. The van der Waals surface area contributed by atoms with Crippen LogP contribution in [-0.4, -0.2) is 6.54 Å². The Hall–Kier alpha value is -1.87. The van der Waals surface area contributed by atoms with Gasteiger partial charge in [0.05, 0.1) is 0 Å². The quantitative estimate of drug-likeness (QED) is 0.875. The van der Waals surface area contributed by atoms with Crippen molar-refractivity contribution in [2.24, 2.45) is 5.73 Å². The van der Waals surface area contributed by atoms with Crippen molar-refractivity contribution in [1.29, 1.82) is 0 Å². The number of halogens is 1. The molecule has 0 spiro atoms. The van der Waals surface area contributed by atoms with Crippen LogP contribution in [0.4, 0.5) is 4.39 Å². The van der Waals surface area contributed by atoms with E-state index in [0.29, 0.717) is 24.6 Å². The number of hydrogen-bond acceptors (Lipinski definition) is 2. The standard InChI is InChI=1S/C18H22FNO/c1-12(2)16-6-4-13(3)10-18(16)21-17-7-5-15(19)11-14(17)8-9-20/h4-7,10-12H,8-9,20H2,1-3H3. The smallest absolute Gasteiger partial charge is 0.131 e. The highest BCUT2D eigenvalue weighted by Gasteiger charge is 2.12. The highest BCUT2D eigenvalue weighted by molar-refractivity contribution is 5.44. The Morgan fingerprint density at radius 3 is 2.52 bits per heavy atom. The summed E-state index contributed by atoms with van der Waals surface area (Å²) in [6, 6.07) is 10.8. The lowest BCUT2D eigenvalue weighted by molar-refractivity contribution is 0.464. The maximum absolute atomic E-state index is 13.4. The van der Waals surface area contributed by atoms with Gasteiger partial charge in [0, 0.05) is 0 Å². The molecule has 0 heterocycles. The molecule has 0 amide bonds. The Labute approximate surface area is 125 Å². The summed E-state index contributed by atoms with van der Waals surface area (Å²) in [4.78, 5) is 0. The number of nitrogens with two attached hydrogens (primary N) is 1. The van der Waals surface area contributed by atoms with Crippen LogP contribution in [0.25, 0.3) is 0 Å². The molecule has 0 aliphatic heterocycles. The fraction of sp³-hybridized carbons (Fsp3) is 0.333. The Balaban J connectivity index is 2.40. The van der Waals surface area contributed by atoms with Gasteiger partial charge in [0.1, 0.15) is 17.3 Å². The highest BCUT2D eigenvalue weighted by atomic mass is 19.1. The lowest BCUT2D eigenvalue weighted by Crippen LogP contribution is -2.05. The third-order valence-electron chi connectivity index (χ3n) is 3.45. The summed E-state index contributed by atoms with van der Waals surface area (Å²) in [6.07, 6.45) is 0.593. The number of ether oxygens (including phenoxy) is 1. The van der Waals surface area contributed by atoms with E-state index in [0.717, 1.165) is 22.4 Å². The van der Waals surface area contributed by atoms with Gasteiger partial charge in [0.15, 0.2) is 0 Å². The molecule has 2 aromatic rings. The first-order valence-corrected chi connectivity index (χ1v) is 7.28. The van der Waals surface area contributed by atoms with E-state index in [4.69, 9.17) is 10.5 Å². The normalized spacial score (nSPS) is 11.0. The highest BCUT2D eigenvalue weighted by Crippen LogP contribution is 2.33. The summed E-state index contributed by atoms with van der Waals surface area (Å²) in [5.41, 5.74) is 8.68. The molecule has 2 rings (SSSR count). The molecule has 112 valence electrons. The van der Waals surface area contributed by atoms with Crippen LogP contribution in [0.1, 0.15) is 36.5 Å². The van der Waals surface area contributed by atoms with Gasteiger partial charge in [0.25, 0.3) is 0 Å². The summed E-state index contributed by atoms with van der Waals surface area (Å²) in [5, 5.41) is 0. The van der Waals surface area contributed by atoms with E-state index in [1.807, 2.05) is 13.0 Å². The second-order valence-corrected chi connectivity index (χ2v) is 5.59. The molecule has 0 aliphatic carbocycles. The summed E-state index contributed by atoms with van der Waals surface area (Å²) in [6.45, 7) is 6.75. The van der Waals surface area contributed by atoms with Gasteiger partial charge < -0.3 is 10.5 Å². The first-order chi connectivity index (χ1) is 10.0. The number of aryl methyl sites for hydroxylation is 1. The predicted molar refractivity (Wildman–Crippen MR) is 84.5 cm³/mol. The summed E-state index contributed by atoms with van der Waals surface area (Å²) in [7, 11) is 0. The first-order valence-electron chi connectivity index (χ1n) is 7.28. The number of hydrogen-bond donors (Lipinski definition) is 1. The van der Waals surface area contributed by atoms with Gasteiger partial charge >= 0.3 is 0 Å². The minimum Gasteiger partial charge on any atom is -0.457 e. The van der Waals surface area contributed by atoms with E-state index < -0.39 is 0 Å². The van der Waals surface area contributed by atoms with Crippen molar-refractivity contribution in [3.63, 3.8) is 0 Å². The topological polar surface area (TPSA) is 35.2 Å². The van der Waals surface area contributed by atoms with Crippen LogP contribution < -0.4 is 10.5 Å². The molecule has 3 heteroatoms. The van der Waals surface area contributed by atoms with Crippen molar-refractivity contribution < 1.29 is 9.13 Å². The van der Waals surface area contributed by atoms with Crippen LogP contribution >= 0.6 is 0 Å². The van der Waals surface area contributed by atoms with Crippen molar-refractivity contribution >= 4 is 0 Å². The molecule has 0 atom stereocenters. The zero-order valence-corrected chi connectivity index (χ0v) is 12.8. The minimum atomic E-state index is -0.265. The van der Waals surface area contributed by atoms with Crippen LogP contribution in [0, 0.1) is 12.7 Å². The Kier molecular flexibility index (Phi) is 4.97. The second-order valence-electron chi connectivity index (χ2n) is 5.59. The minimum absolute atomic E-state index is 0.265. The first kappa shape index (κ1) is 15.5. The zero-order chi connectivity index (χ0) is 15.4. The summed E-state index contributed by atoms with van der Waals surface area (Å²) >= 11 is 0. The third kappa shape index (κ3) is 3.82. The molecule has 2 aromatic carbocycles. The monoisotopic (exact) mass is 287 g/mol. The van der Waals surface area contributed by atoms with Crippen molar-refractivity contribution in [2.75, 3.05) is 6.54 Å². The average molecular weight is 287 g/mol. The van der Waals surface area contributed by atoms with E-state index in [9.17, 15) is 4.39 Å². The van der Waals surface area contributed by atoms with Gasteiger partial charge in [-0.15, -0.1) is 0 Å². The molecule has 0 saturated heterocycles. The van der Waals surface area contributed by atoms with Crippen LogP contribution in [0.5, 0.6) is 11.5 Å². The fourth-order valence-corrected chi connectivity index (χ4v) is 2.32. The van der Waals surface area contributed by atoms with Crippen molar-refractivity contribution in [1.82, 2.24) is 0 Å². The molecule has 2 nitrogen and oxygen atoms in total. The maximum atomic E-state index is 13.4. The molecule has 0 aliphatic rings. The molecular formula is C18H22FNO. The van der Waals surface area contributed by atoms with Gasteiger partial charge in [-0.3, -0.25) is 0 Å². The van der Waals surface area contributed by atoms with Crippen molar-refractivity contribution in [3.8, 4) is 11.5 Å². The van der Waals surface area contributed by atoms with Gasteiger partial charge in [-0.2, -0.15) is 0 Å². The lowest BCUT2D eigenvalue weighted by Gasteiger charge is -2.16. The van der Waals surface area contributed by atoms with Crippen LogP contribution in [0.3, 0.4) is 0 Å². The third-order valence-corrected chi connectivity index (χ3v) is 3.45. The lowest BCUT2D eigenvalue weighted by atomic mass is 10.0. The van der Waals surface area contributed by atoms with Crippen molar-refractivity contribution in [3.05, 3.63) is 58.9 Å².